The predicted molar refractivity (Wildman–Crippen MR) is 57.5 cm³/mol. The number of rotatable bonds is 4. The number of aryl methyl sites for hydroxylation is 2. The van der Waals surface area contributed by atoms with E-state index in [1.54, 1.807) is 11.3 Å². The molecule has 1 heterocycles. The molecule has 14 heavy (non-hydrogen) atoms. The Morgan fingerprint density at radius 2 is 2.21 bits per heavy atom. The average Bonchev–Trinajstić information content (AvgIpc) is 2.88. The highest BCUT2D eigenvalue weighted by atomic mass is 32.1. The highest BCUT2D eigenvalue weighted by molar-refractivity contribution is 7.11. The van der Waals surface area contributed by atoms with Crippen LogP contribution in [0.2, 0.25) is 0 Å². The third-order valence-corrected chi connectivity index (χ3v) is 3.92. The van der Waals surface area contributed by atoms with Crippen molar-refractivity contribution in [1.29, 1.82) is 0 Å². The lowest BCUT2D eigenvalue weighted by Gasteiger charge is -2.12. The lowest BCUT2D eigenvalue weighted by atomic mass is 10.3. The van der Waals surface area contributed by atoms with Crippen LogP contribution in [-0.4, -0.2) is 22.2 Å². The van der Waals surface area contributed by atoms with Crippen molar-refractivity contribution in [3.05, 3.63) is 15.6 Å². The van der Waals surface area contributed by atoms with Gasteiger partial charge in [0.1, 0.15) is 5.01 Å². The van der Waals surface area contributed by atoms with E-state index in [1.807, 2.05) is 6.92 Å². The smallest absolute Gasteiger partial charge is 0.107 e. The van der Waals surface area contributed by atoms with Gasteiger partial charge in [0, 0.05) is 17.0 Å². The van der Waals surface area contributed by atoms with Crippen molar-refractivity contribution < 1.29 is 5.11 Å². The predicted octanol–water partition coefficient (Wildman–Crippen LogP) is 1.37. The molecule has 1 saturated carbocycles. The zero-order valence-electron chi connectivity index (χ0n) is 8.63. The molecule has 0 unspecified atom stereocenters. The lowest BCUT2D eigenvalue weighted by molar-refractivity contribution is 0.229. The molecule has 0 amide bonds. The number of nitrogens with one attached hydrogen (secondary N) is 1. The van der Waals surface area contributed by atoms with Crippen LogP contribution in [0.5, 0.6) is 0 Å². The van der Waals surface area contributed by atoms with Gasteiger partial charge in [0.05, 0.1) is 12.3 Å². The number of aliphatic hydroxyl groups excluding tert-OH is 1. The van der Waals surface area contributed by atoms with Crippen LogP contribution in [-0.2, 0) is 6.54 Å². The summed E-state index contributed by atoms with van der Waals surface area (Å²) in [4.78, 5) is 5.74. The number of hydrogen-bond acceptors (Lipinski definition) is 4. The topological polar surface area (TPSA) is 45.2 Å². The molecule has 1 aliphatic carbocycles. The van der Waals surface area contributed by atoms with Crippen LogP contribution < -0.4 is 5.32 Å². The highest BCUT2D eigenvalue weighted by Gasteiger charge is 2.41. The number of thiazole rings is 1. The van der Waals surface area contributed by atoms with Gasteiger partial charge in [0.15, 0.2) is 0 Å². The number of hydrogen-bond donors (Lipinski definition) is 2. The van der Waals surface area contributed by atoms with Gasteiger partial charge in [-0.2, -0.15) is 0 Å². The first-order chi connectivity index (χ1) is 6.65. The largest absolute Gasteiger partial charge is 0.394 e. The van der Waals surface area contributed by atoms with Crippen molar-refractivity contribution in [2.75, 3.05) is 6.61 Å². The summed E-state index contributed by atoms with van der Waals surface area (Å²) >= 11 is 1.74. The van der Waals surface area contributed by atoms with Crippen LogP contribution >= 0.6 is 11.3 Å². The van der Waals surface area contributed by atoms with Crippen molar-refractivity contribution in [1.82, 2.24) is 10.3 Å². The molecule has 2 rings (SSSR count). The fraction of sp³-hybridized carbons (Fsp3) is 0.700. The van der Waals surface area contributed by atoms with Crippen LogP contribution in [0.3, 0.4) is 0 Å². The average molecular weight is 212 g/mol. The molecule has 0 aliphatic heterocycles. The maximum Gasteiger partial charge on any atom is 0.107 e. The van der Waals surface area contributed by atoms with E-state index in [2.05, 4.69) is 17.2 Å². The second-order valence-electron chi connectivity index (χ2n) is 4.04. The van der Waals surface area contributed by atoms with E-state index >= 15 is 0 Å². The maximum atomic E-state index is 9.11. The SMILES string of the molecule is Cc1nc(CNC2(CO)CC2)sc1C. The summed E-state index contributed by atoms with van der Waals surface area (Å²) in [6.45, 7) is 5.17. The van der Waals surface area contributed by atoms with Crippen molar-refractivity contribution in [3.63, 3.8) is 0 Å². The normalized spacial score (nSPS) is 18.5. The minimum Gasteiger partial charge on any atom is -0.394 e. The van der Waals surface area contributed by atoms with Gasteiger partial charge in [0.2, 0.25) is 0 Å². The summed E-state index contributed by atoms with van der Waals surface area (Å²) in [6.07, 6.45) is 2.18. The van der Waals surface area contributed by atoms with Crippen molar-refractivity contribution in [3.8, 4) is 0 Å². The Morgan fingerprint density at radius 1 is 1.50 bits per heavy atom. The lowest BCUT2D eigenvalue weighted by Crippen LogP contribution is -2.34. The van der Waals surface area contributed by atoms with Crippen molar-refractivity contribution in [2.45, 2.75) is 38.8 Å². The second-order valence-corrected chi connectivity index (χ2v) is 5.33. The summed E-state index contributed by atoms with van der Waals surface area (Å²) in [7, 11) is 0. The van der Waals surface area contributed by atoms with Crippen molar-refractivity contribution >= 4 is 11.3 Å². The molecule has 1 aromatic heterocycles. The molecule has 0 atom stereocenters. The fourth-order valence-electron chi connectivity index (χ4n) is 1.42. The third kappa shape index (κ3) is 1.97. The second kappa shape index (κ2) is 3.61. The van der Waals surface area contributed by atoms with E-state index in [4.69, 9.17) is 5.11 Å². The summed E-state index contributed by atoms with van der Waals surface area (Å²) in [5.74, 6) is 0. The molecular weight excluding hydrogens is 196 g/mol. The van der Waals surface area contributed by atoms with Gasteiger partial charge in [-0.25, -0.2) is 4.98 Å². The van der Waals surface area contributed by atoms with E-state index in [0.29, 0.717) is 0 Å². The number of aliphatic hydroxyl groups is 1. The van der Waals surface area contributed by atoms with Gasteiger partial charge in [-0.05, 0) is 26.7 Å². The Hall–Kier alpha value is -0.450. The standard InChI is InChI=1S/C10H16N2OS/c1-7-8(2)14-9(12-7)5-11-10(6-13)3-4-10/h11,13H,3-6H2,1-2H3. The summed E-state index contributed by atoms with van der Waals surface area (Å²) in [6, 6.07) is 0. The quantitative estimate of drug-likeness (QED) is 0.792. The molecule has 1 aliphatic rings. The Morgan fingerprint density at radius 3 is 2.64 bits per heavy atom. The van der Waals surface area contributed by atoms with Gasteiger partial charge in [-0.3, -0.25) is 0 Å². The molecule has 1 fully saturated rings. The zero-order chi connectivity index (χ0) is 10.2. The first-order valence-corrected chi connectivity index (χ1v) is 5.76. The van der Waals surface area contributed by atoms with Crippen molar-refractivity contribution in [2.24, 2.45) is 0 Å². The number of nitrogens with zero attached hydrogens (tertiary/aromatic N) is 1. The fourth-order valence-corrected chi connectivity index (χ4v) is 2.29. The minimum atomic E-state index is 0.0213. The Labute approximate surface area is 88.2 Å². The monoisotopic (exact) mass is 212 g/mol. The Bertz CT molecular complexity index is 311. The molecule has 4 heteroatoms. The van der Waals surface area contributed by atoms with Gasteiger partial charge in [-0.15, -0.1) is 11.3 Å². The third-order valence-electron chi connectivity index (χ3n) is 2.84. The zero-order valence-corrected chi connectivity index (χ0v) is 9.45. The summed E-state index contributed by atoms with van der Waals surface area (Å²) in [5.41, 5.74) is 1.15. The first kappa shape index (κ1) is 10.1. The van der Waals surface area contributed by atoms with Crippen LogP contribution in [0.15, 0.2) is 0 Å². The molecule has 0 radical (unpaired) electrons. The molecule has 0 saturated heterocycles. The number of aromatic nitrogens is 1. The van der Waals surface area contributed by atoms with E-state index in [9.17, 15) is 0 Å². The van der Waals surface area contributed by atoms with E-state index < -0.39 is 0 Å². The highest BCUT2D eigenvalue weighted by Crippen LogP contribution is 2.35. The molecule has 2 N–H and O–H groups in total. The van der Waals surface area contributed by atoms with Gasteiger partial charge < -0.3 is 10.4 Å². The summed E-state index contributed by atoms with van der Waals surface area (Å²) < 4.78 is 0. The molecule has 1 aromatic rings. The molecule has 3 nitrogen and oxygen atoms in total. The first-order valence-electron chi connectivity index (χ1n) is 4.94. The Kier molecular flexibility index (Phi) is 2.60. The molecule has 0 aromatic carbocycles. The molecule has 0 bridgehead atoms. The minimum absolute atomic E-state index is 0.0213. The molecule has 0 spiro atoms. The Balaban J connectivity index is 1.92. The van der Waals surface area contributed by atoms with Gasteiger partial charge in [0.25, 0.3) is 0 Å². The molecular formula is C10H16N2OS. The van der Waals surface area contributed by atoms with E-state index in [0.717, 1.165) is 30.1 Å². The molecule has 78 valence electrons. The maximum absolute atomic E-state index is 9.11. The van der Waals surface area contributed by atoms with E-state index in [1.165, 1.54) is 4.88 Å². The van der Waals surface area contributed by atoms with Gasteiger partial charge in [-0.1, -0.05) is 0 Å². The van der Waals surface area contributed by atoms with Crippen LogP contribution in [0.4, 0.5) is 0 Å². The van der Waals surface area contributed by atoms with E-state index in [-0.39, 0.29) is 12.1 Å². The summed E-state index contributed by atoms with van der Waals surface area (Å²) in [5, 5.41) is 13.6. The van der Waals surface area contributed by atoms with Crippen LogP contribution in [0.1, 0.15) is 28.4 Å². The van der Waals surface area contributed by atoms with Gasteiger partial charge >= 0.3 is 0 Å². The van der Waals surface area contributed by atoms with Crippen LogP contribution in [0.25, 0.3) is 0 Å². The van der Waals surface area contributed by atoms with Crippen LogP contribution in [0, 0.1) is 13.8 Å².